The standard InChI is InChI=1S/C27H23F3N8/c1-17-5-2-3-6-19(17)16-38-23-14-22(10-9-18(23)15-32-38)34-26-35-25-24(31-11-12-37(25)36-26)33-21-8-4-7-20(13-21)27(28,29)30/h2-15,17,19H,16H2,1H3,(H,31,33)(H,34,36). The first kappa shape index (κ1) is 23.7. The van der Waals surface area contributed by atoms with Gasteiger partial charge in [-0.15, -0.1) is 5.10 Å². The van der Waals surface area contributed by atoms with Crippen LogP contribution in [-0.4, -0.2) is 29.4 Å². The lowest BCUT2D eigenvalue weighted by Crippen LogP contribution is -2.17. The molecule has 11 heteroatoms. The van der Waals surface area contributed by atoms with Crippen LogP contribution in [0.1, 0.15) is 12.5 Å². The van der Waals surface area contributed by atoms with Crippen molar-refractivity contribution in [2.75, 3.05) is 10.6 Å². The zero-order valence-corrected chi connectivity index (χ0v) is 20.3. The molecule has 0 fully saturated rings. The Morgan fingerprint density at radius 1 is 1.00 bits per heavy atom. The van der Waals surface area contributed by atoms with Gasteiger partial charge in [-0.2, -0.15) is 23.3 Å². The summed E-state index contributed by atoms with van der Waals surface area (Å²) in [6, 6.07) is 10.8. The highest BCUT2D eigenvalue weighted by Crippen LogP contribution is 2.32. The summed E-state index contributed by atoms with van der Waals surface area (Å²) in [6.07, 6.45) is 9.09. The van der Waals surface area contributed by atoms with Crippen LogP contribution in [0.2, 0.25) is 0 Å². The van der Waals surface area contributed by atoms with Crippen molar-refractivity contribution in [3.05, 3.63) is 90.9 Å². The Balaban J connectivity index is 1.25. The van der Waals surface area contributed by atoms with Crippen molar-refractivity contribution >= 4 is 39.7 Å². The number of benzene rings is 2. The van der Waals surface area contributed by atoms with Crippen LogP contribution < -0.4 is 10.6 Å². The third-order valence-electron chi connectivity index (χ3n) is 6.55. The van der Waals surface area contributed by atoms with Crippen LogP contribution in [0.25, 0.3) is 16.6 Å². The molecule has 3 heterocycles. The summed E-state index contributed by atoms with van der Waals surface area (Å²) in [4.78, 5) is 8.78. The van der Waals surface area contributed by atoms with E-state index in [2.05, 4.69) is 62.0 Å². The Morgan fingerprint density at radius 3 is 2.68 bits per heavy atom. The lowest BCUT2D eigenvalue weighted by Gasteiger charge is -2.20. The highest BCUT2D eigenvalue weighted by molar-refractivity contribution is 5.83. The van der Waals surface area contributed by atoms with Gasteiger partial charge in [0.15, 0.2) is 5.82 Å². The van der Waals surface area contributed by atoms with Crippen LogP contribution in [0.3, 0.4) is 0 Å². The third-order valence-corrected chi connectivity index (χ3v) is 6.55. The number of hydrogen-bond donors (Lipinski definition) is 2. The fourth-order valence-electron chi connectivity index (χ4n) is 4.48. The van der Waals surface area contributed by atoms with Crippen molar-refractivity contribution in [3.8, 4) is 0 Å². The molecule has 3 aromatic heterocycles. The number of halogens is 3. The lowest BCUT2D eigenvalue weighted by molar-refractivity contribution is -0.137. The molecule has 0 radical (unpaired) electrons. The van der Waals surface area contributed by atoms with Gasteiger partial charge in [0, 0.05) is 41.6 Å². The average molecular weight is 517 g/mol. The summed E-state index contributed by atoms with van der Waals surface area (Å²) in [5, 5.41) is 16.2. The fraction of sp³-hybridized carbons (Fsp3) is 0.185. The number of hydrogen-bond acceptors (Lipinski definition) is 6. The first-order valence-corrected chi connectivity index (χ1v) is 12.1. The quantitative estimate of drug-likeness (QED) is 0.273. The van der Waals surface area contributed by atoms with E-state index in [1.807, 2.05) is 29.1 Å². The van der Waals surface area contributed by atoms with Crippen molar-refractivity contribution in [1.29, 1.82) is 0 Å². The van der Waals surface area contributed by atoms with E-state index >= 15 is 0 Å². The van der Waals surface area contributed by atoms with Gasteiger partial charge in [-0.25, -0.2) is 9.50 Å². The number of nitrogens with one attached hydrogen (secondary N) is 2. The monoisotopic (exact) mass is 516 g/mol. The summed E-state index contributed by atoms with van der Waals surface area (Å²) < 4.78 is 42.9. The SMILES string of the molecule is CC1C=CC=CC1Cn1ncc2ccc(Nc3nc4c(Nc5cccc(C(F)(F)F)c5)nccn4n3)cc21. The van der Waals surface area contributed by atoms with Crippen LogP contribution in [0, 0.1) is 11.8 Å². The maximum Gasteiger partial charge on any atom is 0.416 e. The van der Waals surface area contributed by atoms with Crippen molar-refractivity contribution in [1.82, 2.24) is 29.4 Å². The van der Waals surface area contributed by atoms with E-state index in [1.54, 1.807) is 6.20 Å². The van der Waals surface area contributed by atoms with E-state index in [4.69, 9.17) is 0 Å². The maximum atomic E-state index is 13.1. The molecule has 6 rings (SSSR count). The molecule has 0 bridgehead atoms. The number of rotatable bonds is 6. The van der Waals surface area contributed by atoms with Gasteiger partial charge in [0.25, 0.3) is 0 Å². The Hall–Kier alpha value is -4.67. The van der Waals surface area contributed by atoms with Gasteiger partial charge < -0.3 is 10.6 Å². The minimum Gasteiger partial charge on any atom is -0.337 e. The molecule has 0 aliphatic heterocycles. The van der Waals surface area contributed by atoms with Gasteiger partial charge in [0.05, 0.1) is 17.3 Å². The van der Waals surface area contributed by atoms with Crippen molar-refractivity contribution in [2.45, 2.75) is 19.6 Å². The Bertz CT molecular complexity index is 1680. The predicted octanol–water partition coefficient (Wildman–Crippen LogP) is 6.36. The largest absolute Gasteiger partial charge is 0.416 e. The normalized spacial score (nSPS) is 17.4. The summed E-state index contributed by atoms with van der Waals surface area (Å²) in [5.41, 5.74) is 1.63. The van der Waals surface area contributed by atoms with E-state index in [9.17, 15) is 13.2 Å². The average Bonchev–Trinajstić information content (AvgIpc) is 3.49. The molecule has 0 saturated heterocycles. The molecule has 1 aliphatic carbocycles. The first-order chi connectivity index (χ1) is 18.3. The summed E-state index contributed by atoms with van der Waals surface area (Å²) in [6.45, 7) is 2.96. The lowest BCUT2D eigenvalue weighted by atomic mass is 9.90. The minimum absolute atomic E-state index is 0.245. The minimum atomic E-state index is -4.44. The molecular weight excluding hydrogens is 493 g/mol. The highest BCUT2D eigenvalue weighted by Gasteiger charge is 2.30. The summed E-state index contributed by atoms with van der Waals surface area (Å²) in [7, 11) is 0. The molecule has 0 spiro atoms. The number of alkyl halides is 3. The van der Waals surface area contributed by atoms with E-state index in [1.165, 1.54) is 22.8 Å². The summed E-state index contributed by atoms with van der Waals surface area (Å²) in [5.74, 6) is 1.39. The van der Waals surface area contributed by atoms with E-state index < -0.39 is 11.7 Å². The second-order valence-corrected chi connectivity index (χ2v) is 9.20. The van der Waals surface area contributed by atoms with Gasteiger partial charge in [0.1, 0.15) is 0 Å². The zero-order valence-electron chi connectivity index (χ0n) is 20.3. The molecule has 0 saturated carbocycles. The molecule has 5 aromatic rings. The maximum absolute atomic E-state index is 13.1. The second-order valence-electron chi connectivity index (χ2n) is 9.20. The van der Waals surface area contributed by atoms with Crippen molar-refractivity contribution < 1.29 is 13.2 Å². The Labute approximate surface area is 215 Å². The molecule has 8 nitrogen and oxygen atoms in total. The van der Waals surface area contributed by atoms with E-state index in [0.717, 1.165) is 35.3 Å². The molecule has 2 atom stereocenters. The van der Waals surface area contributed by atoms with Crippen LogP contribution in [-0.2, 0) is 12.7 Å². The topological polar surface area (TPSA) is 85.0 Å². The van der Waals surface area contributed by atoms with E-state index in [-0.39, 0.29) is 11.5 Å². The Morgan fingerprint density at radius 2 is 1.84 bits per heavy atom. The zero-order chi connectivity index (χ0) is 26.3. The summed E-state index contributed by atoms with van der Waals surface area (Å²) >= 11 is 0. The molecule has 192 valence electrons. The second kappa shape index (κ2) is 9.33. The van der Waals surface area contributed by atoms with Crippen LogP contribution in [0.4, 0.5) is 36.3 Å². The smallest absolute Gasteiger partial charge is 0.337 e. The van der Waals surface area contributed by atoms with Crippen LogP contribution in [0.5, 0.6) is 0 Å². The van der Waals surface area contributed by atoms with Gasteiger partial charge >= 0.3 is 6.18 Å². The van der Waals surface area contributed by atoms with Gasteiger partial charge in [-0.1, -0.05) is 37.3 Å². The van der Waals surface area contributed by atoms with E-state index in [0.29, 0.717) is 23.4 Å². The number of anilines is 4. The number of nitrogens with zero attached hydrogens (tertiary/aromatic N) is 6. The molecule has 2 unspecified atom stereocenters. The van der Waals surface area contributed by atoms with Gasteiger partial charge in [-0.05, 0) is 42.3 Å². The third kappa shape index (κ3) is 4.70. The number of allylic oxidation sites excluding steroid dienone is 4. The number of aromatic nitrogens is 6. The molecule has 38 heavy (non-hydrogen) atoms. The molecule has 2 aromatic carbocycles. The van der Waals surface area contributed by atoms with Crippen LogP contribution >= 0.6 is 0 Å². The predicted molar refractivity (Wildman–Crippen MR) is 139 cm³/mol. The molecular formula is C27H23F3N8. The van der Waals surface area contributed by atoms with Gasteiger partial charge in [0.2, 0.25) is 11.6 Å². The highest BCUT2D eigenvalue weighted by atomic mass is 19.4. The number of fused-ring (bicyclic) bond motifs is 2. The van der Waals surface area contributed by atoms with Crippen LogP contribution in [0.15, 0.2) is 85.4 Å². The molecule has 2 N–H and O–H groups in total. The van der Waals surface area contributed by atoms with Gasteiger partial charge in [-0.3, -0.25) is 4.68 Å². The fourth-order valence-corrected chi connectivity index (χ4v) is 4.48. The van der Waals surface area contributed by atoms with Crippen molar-refractivity contribution in [2.24, 2.45) is 11.8 Å². The van der Waals surface area contributed by atoms with Crippen molar-refractivity contribution in [3.63, 3.8) is 0 Å². The first-order valence-electron chi connectivity index (χ1n) is 12.1. The molecule has 1 aliphatic rings. The molecule has 0 amide bonds. The Kier molecular flexibility index (Phi) is 5.82.